The second kappa shape index (κ2) is 5.03. The Balaban J connectivity index is 2.20. The van der Waals surface area contributed by atoms with E-state index < -0.39 is 0 Å². The molecule has 2 aromatic heterocycles. The van der Waals surface area contributed by atoms with Crippen LogP contribution in [0.4, 0.5) is 0 Å². The Morgan fingerprint density at radius 1 is 0.909 bits per heavy atom. The third kappa shape index (κ3) is 1.94. The van der Waals surface area contributed by atoms with E-state index in [0.717, 1.165) is 16.6 Å². The lowest BCUT2D eigenvalue weighted by Crippen LogP contribution is -2.21. The van der Waals surface area contributed by atoms with Gasteiger partial charge in [-0.15, -0.1) is 0 Å². The summed E-state index contributed by atoms with van der Waals surface area (Å²) in [5.74, 6) is 0. The van der Waals surface area contributed by atoms with Gasteiger partial charge in [-0.05, 0) is 34.1 Å². The molecule has 0 fully saturated rings. The first-order valence-electron chi connectivity index (χ1n) is 6.77. The molecule has 0 aliphatic rings. The van der Waals surface area contributed by atoms with E-state index in [-0.39, 0.29) is 5.56 Å². The Morgan fingerprint density at radius 3 is 2.45 bits per heavy atom. The van der Waals surface area contributed by atoms with E-state index >= 15 is 0 Å². The number of rotatable bonds is 1. The molecular weight excluding hydrogens is 342 g/mol. The molecule has 4 nitrogen and oxygen atoms in total. The Morgan fingerprint density at radius 2 is 1.64 bits per heavy atom. The van der Waals surface area contributed by atoms with Gasteiger partial charge in [0.2, 0.25) is 0 Å². The van der Waals surface area contributed by atoms with Crippen molar-refractivity contribution in [2.45, 2.75) is 0 Å². The van der Waals surface area contributed by atoms with E-state index in [1.807, 2.05) is 54.6 Å². The van der Waals surface area contributed by atoms with E-state index in [1.165, 1.54) is 0 Å². The van der Waals surface area contributed by atoms with Gasteiger partial charge in [-0.1, -0.05) is 36.4 Å². The van der Waals surface area contributed by atoms with Gasteiger partial charge in [-0.2, -0.15) is 0 Å². The molecule has 0 saturated carbocycles. The number of aromatic nitrogens is 3. The lowest BCUT2D eigenvalue weighted by Gasteiger charge is -2.10. The van der Waals surface area contributed by atoms with Crippen molar-refractivity contribution >= 4 is 37.7 Å². The highest BCUT2D eigenvalue weighted by Crippen LogP contribution is 2.22. The molecule has 4 rings (SSSR count). The highest BCUT2D eigenvalue weighted by atomic mass is 79.9. The molecule has 5 heteroatoms. The van der Waals surface area contributed by atoms with Crippen molar-refractivity contribution in [3.05, 3.63) is 75.9 Å². The molecular formula is C17H10BrN3O. The van der Waals surface area contributed by atoms with E-state index in [2.05, 4.69) is 25.9 Å². The topological polar surface area (TPSA) is 47.8 Å². The maximum atomic E-state index is 13.0. The molecule has 0 N–H and O–H groups in total. The summed E-state index contributed by atoms with van der Waals surface area (Å²) in [6.45, 7) is 0. The van der Waals surface area contributed by atoms with Crippen molar-refractivity contribution < 1.29 is 0 Å². The van der Waals surface area contributed by atoms with E-state index in [0.29, 0.717) is 15.6 Å². The highest BCUT2D eigenvalue weighted by Gasteiger charge is 2.13. The van der Waals surface area contributed by atoms with Crippen LogP contribution in [0.3, 0.4) is 0 Å². The standard InChI is InChI=1S/C17H10BrN3O/c18-17-20-14-10-19-13-9-5-4-8-12(13)15(14)16(22)21(17)11-6-2-1-3-7-11/h1-10H. The summed E-state index contributed by atoms with van der Waals surface area (Å²) in [7, 11) is 0. The molecule has 0 unspecified atom stereocenters. The molecule has 0 atom stereocenters. The Bertz CT molecular complexity index is 1060. The minimum absolute atomic E-state index is 0.110. The van der Waals surface area contributed by atoms with Gasteiger partial charge in [0.1, 0.15) is 0 Å². The molecule has 2 heterocycles. The van der Waals surface area contributed by atoms with Crippen LogP contribution in [0.25, 0.3) is 27.5 Å². The number of benzene rings is 2. The summed E-state index contributed by atoms with van der Waals surface area (Å²) >= 11 is 3.39. The van der Waals surface area contributed by atoms with Crippen LogP contribution < -0.4 is 5.56 Å². The van der Waals surface area contributed by atoms with Gasteiger partial charge < -0.3 is 0 Å². The smallest absolute Gasteiger partial charge is 0.267 e. The van der Waals surface area contributed by atoms with Crippen molar-refractivity contribution in [2.24, 2.45) is 0 Å². The van der Waals surface area contributed by atoms with Crippen LogP contribution in [0.1, 0.15) is 0 Å². The van der Waals surface area contributed by atoms with Crippen molar-refractivity contribution in [2.75, 3.05) is 0 Å². The monoisotopic (exact) mass is 351 g/mol. The number of fused-ring (bicyclic) bond motifs is 3. The molecule has 0 bridgehead atoms. The van der Waals surface area contributed by atoms with Gasteiger partial charge in [-0.3, -0.25) is 14.3 Å². The van der Waals surface area contributed by atoms with Crippen LogP contribution in [0, 0.1) is 0 Å². The molecule has 106 valence electrons. The average Bonchev–Trinajstić information content (AvgIpc) is 2.55. The molecule has 0 aliphatic carbocycles. The van der Waals surface area contributed by atoms with Crippen molar-refractivity contribution in [1.29, 1.82) is 0 Å². The van der Waals surface area contributed by atoms with E-state index in [9.17, 15) is 4.79 Å². The first-order chi connectivity index (χ1) is 10.8. The van der Waals surface area contributed by atoms with Gasteiger partial charge in [0.25, 0.3) is 5.56 Å². The first-order valence-corrected chi connectivity index (χ1v) is 7.56. The van der Waals surface area contributed by atoms with Crippen LogP contribution in [-0.2, 0) is 0 Å². The summed E-state index contributed by atoms with van der Waals surface area (Å²) in [6.07, 6.45) is 1.64. The Labute approximate surface area is 134 Å². The molecule has 0 aliphatic heterocycles. The molecule has 0 amide bonds. The van der Waals surface area contributed by atoms with E-state index in [4.69, 9.17) is 0 Å². The summed E-state index contributed by atoms with van der Waals surface area (Å²) in [4.78, 5) is 21.9. The van der Waals surface area contributed by atoms with Crippen LogP contribution in [-0.4, -0.2) is 14.5 Å². The van der Waals surface area contributed by atoms with Gasteiger partial charge in [0.15, 0.2) is 4.73 Å². The second-order valence-electron chi connectivity index (χ2n) is 4.89. The number of hydrogen-bond donors (Lipinski definition) is 0. The number of halogens is 1. The van der Waals surface area contributed by atoms with Crippen LogP contribution in [0.15, 0.2) is 70.3 Å². The van der Waals surface area contributed by atoms with Gasteiger partial charge in [0.05, 0.1) is 28.3 Å². The fourth-order valence-electron chi connectivity index (χ4n) is 2.59. The molecule has 0 saturated heterocycles. The van der Waals surface area contributed by atoms with Crippen LogP contribution in [0.5, 0.6) is 0 Å². The summed E-state index contributed by atoms with van der Waals surface area (Å²) in [5, 5.41) is 1.40. The van der Waals surface area contributed by atoms with E-state index in [1.54, 1.807) is 10.8 Å². The lowest BCUT2D eigenvalue weighted by atomic mass is 10.1. The molecule has 4 aromatic rings. The van der Waals surface area contributed by atoms with Crippen molar-refractivity contribution in [3.63, 3.8) is 0 Å². The minimum atomic E-state index is -0.110. The predicted molar refractivity (Wildman–Crippen MR) is 90.3 cm³/mol. The zero-order valence-corrected chi connectivity index (χ0v) is 13.0. The quantitative estimate of drug-likeness (QED) is 0.388. The van der Waals surface area contributed by atoms with Gasteiger partial charge in [0, 0.05) is 5.39 Å². The minimum Gasteiger partial charge on any atom is -0.268 e. The van der Waals surface area contributed by atoms with Crippen molar-refractivity contribution in [1.82, 2.24) is 14.5 Å². The lowest BCUT2D eigenvalue weighted by molar-refractivity contribution is 0.924. The summed E-state index contributed by atoms with van der Waals surface area (Å²) in [6, 6.07) is 17.1. The SMILES string of the molecule is O=c1c2c(cnc3ccccc32)nc(Br)n1-c1ccccc1. The average molecular weight is 352 g/mol. The van der Waals surface area contributed by atoms with Crippen molar-refractivity contribution in [3.8, 4) is 5.69 Å². The number of para-hydroxylation sites is 2. The predicted octanol–water partition coefficient (Wildman–Crippen LogP) is 3.70. The maximum Gasteiger partial charge on any atom is 0.267 e. The summed E-state index contributed by atoms with van der Waals surface area (Å²) in [5.41, 5.74) is 2.04. The van der Waals surface area contributed by atoms with Gasteiger partial charge >= 0.3 is 0 Å². The first kappa shape index (κ1) is 13.2. The number of pyridine rings is 1. The molecule has 0 radical (unpaired) electrons. The molecule has 0 spiro atoms. The Hall–Kier alpha value is -2.53. The van der Waals surface area contributed by atoms with Gasteiger partial charge in [-0.25, -0.2) is 4.98 Å². The van der Waals surface area contributed by atoms with Crippen LogP contribution >= 0.6 is 15.9 Å². The largest absolute Gasteiger partial charge is 0.268 e. The molecule has 2 aromatic carbocycles. The second-order valence-corrected chi connectivity index (χ2v) is 5.60. The maximum absolute atomic E-state index is 13.0. The zero-order valence-electron chi connectivity index (χ0n) is 11.4. The third-order valence-corrected chi connectivity index (χ3v) is 4.12. The number of hydrogen-bond acceptors (Lipinski definition) is 3. The number of nitrogens with zero attached hydrogens (tertiary/aromatic N) is 3. The normalized spacial score (nSPS) is 11.1. The third-order valence-electron chi connectivity index (χ3n) is 3.58. The zero-order chi connectivity index (χ0) is 15.1. The fraction of sp³-hybridized carbons (Fsp3) is 0. The van der Waals surface area contributed by atoms with Crippen LogP contribution in [0.2, 0.25) is 0 Å². The highest BCUT2D eigenvalue weighted by molar-refractivity contribution is 9.10. The molecule has 22 heavy (non-hydrogen) atoms. The Kier molecular flexibility index (Phi) is 3.01. The fourth-order valence-corrected chi connectivity index (χ4v) is 3.14. The summed E-state index contributed by atoms with van der Waals surface area (Å²) < 4.78 is 2.03.